The Kier molecular flexibility index (Phi) is 3.79. The average Bonchev–Trinajstić information content (AvgIpc) is 2.41. The molecule has 0 saturated carbocycles. The van der Waals surface area contributed by atoms with Crippen molar-refractivity contribution in [3.05, 3.63) is 35.9 Å². The van der Waals surface area contributed by atoms with Crippen LogP contribution in [0.15, 0.2) is 24.5 Å². The first-order valence-corrected chi connectivity index (χ1v) is 5.75. The van der Waals surface area contributed by atoms with Gasteiger partial charge in [0.1, 0.15) is 18.0 Å². The van der Waals surface area contributed by atoms with Crippen LogP contribution in [-0.4, -0.2) is 24.1 Å². The zero-order valence-electron chi connectivity index (χ0n) is 11.0. The number of rotatable bonds is 4. The smallest absolute Gasteiger partial charge is 0.167 e. The molecule has 19 heavy (non-hydrogen) atoms. The molecule has 1 aromatic carbocycles. The fraction of sp³-hybridized carbons (Fsp3) is 0.231. The molecule has 0 spiro atoms. The van der Waals surface area contributed by atoms with Gasteiger partial charge in [0, 0.05) is 24.4 Å². The van der Waals surface area contributed by atoms with Crippen molar-refractivity contribution < 1.29 is 9.13 Å². The number of nitrogens with one attached hydrogen (secondary N) is 2. The minimum atomic E-state index is -0.423. The maximum atomic E-state index is 13.6. The number of halogens is 1. The van der Waals surface area contributed by atoms with Crippen LogP contribution in [0.25, 0.3) is 0 Å². The maximum absolute atomic E-state index is 13.6. The molecule has 2 rings (SSSR count). The summed E-state index contributed by atoms with van der Waals surface area (Å²) in [5.74, 6) is 1.14. The zero-order chi connectivity index (χ0) is 13.8. The summed E-state index contributed by atoms with van der Waals surface area (Å²) in [6, 6.07) is 4.65. The number of hydrogen-bond acceptors (Lipinski definition) is 5. The van der Waals surface area contributed by atoms with E-state index < -0.39 is 5.82 Å². The van der Waals surface area contributed by atoms with Crippen molar-refractivity contribution in [2.24, 2.45) is 0 Å². The van der Waals surface area contributed by atoms with Crippen LogP contribution in [-0.2, 0) is 0 Å². The van der Waals surface area contributed by atoms with Gasteiger partial charge in [0.15, 0.2) is 11.6 Å². The molecule has 0 unspecified atom stereocenters. The van der Waals surface area contributed by atoms with Crippen LogP contribution in [0.2, 0.25) is 0 Å². The number of methoxy groups -OCH3 is 1. The summed E-state index contributed by atoms with van der Waals surface area (Å²) in [6.07, 6.45) is 1.45. The Balaban J connectivity index is 2.29. The minimum absolute atomic E-state index is 0.209. The third-order valence-corrected chi connectivity index (χ3v) is 2.74. The number of aromatic nitrogens is 2. The van der Waals surface area contributed by atoms with Gasteiger partial charge >= 0.3 is 0 Å². The second-order valence-corrected chi connectivity index (χ2v) is 3.92. The Hall–Kier alpha value is -2.37. The lowest BCUT2D eigenvalue weighted by Crippen LogP contribution is -2.02. The van der Waals surface area contributed by atoms with Gasteiger partial charge in [0.25, 0.3) is 0 Å². The van der Waals surface area contributed by atoms with Gasteiger partial charge in [-0.05, 0) is 19.1 Å². The van der Waals surface area contributed by atoms with Crippen LogP contribution in [0.1, 0.15) is 5.56 Å². The number of benzene rings is 1. The Morgan fingerprint density at radius 1 is 1.21 bits per heavy atom. The molecule has 1 heterocycles. The Bertz CT molecular complexity index is 589. The normalized spacial score (nSPS) is 10.1. The Labute approximate surface area is 110 Å². The molecule has 0 amide bonds. The monoisotopic (exact) mass is 262 g/mol. The number of hydrogen-bond donors (Lipinski definition) is 2. The summed E-state index contributed by atoms with van der Waals surface area (Å²) in [4.78, 5) is 8.23. The molecule has 0 fully saturated rings. The van der Waals surface area contributed by atoms with Crippen molar-refractivity contribution in [1.29, 1.82) is 0 Å². The van der Waals surface area contributed by atoms with Gasteiger partial charge in [0.05, 0.1) is 7.11 Å². The van der Waals surface area contributed by atoms with Crippen LogP contribution >= 0.6 is 0 Å². The van der Waals surface area contributed by atoms with E-state index in [0.717, 1.165) is 11.4 Å². The molecular formula is C13H15FN4O. The van der Waals surface area contributed by atoms with Gasteiger partial charge in [-0.25, -0.2) is 14.4 Å². The van der Waals surface area contributed by atoms with E-state index in [0.29, 0.717) is 11.5 Å². The van der Waals surface area contributed by atoms with E-state index in [4.69, 9.17) is 4.74 Å². The third kappa shape index (κ3) is 2.73. The van der Waals surface area contributed by atoms with Gasteiger partial charge < -0.3 is 15.4 Å². The van der Waals surface area contributed by atoms with Crippen LogP contribution in [0, 0.1) is 12.7 Å². The van der Waals surface area contributed by atoms with E-state index in [1.807, 2.05) is 6.92 Å². The SMILES string of the molecule is CNc1ncnc(Nc2ccc(OC)c(F)c2)c1C. The lowest BCUT2D eigenvalue weighted by atomic mass is 10.2. The molecule has 5 nitrogen and oxygen atoms in total. The first-order chi connectivity index (χ1) is 9.15. The maximum Gasteiger partial charge on any atom is 0.167 e. The Morgan fingerprint density at radius 2 is 1.95 bits per heavy atom. The fourth-order valence-electron chi connectivity index (χ4n) is 1.71. The number of anilines is 3. The van der Waals surface area contributed by atoms with E-state index in [-0.39, 0.29) is 5.75 Å². The summed E-state index contributed by atoms with van der Waals surface area (Å²) in [7, 11) is 3.21. The van der Waals surface area contributed by atoms with Gasteiger partial charge in [-0.2, -0.15) is 0 Å². The molecular weight excluding hydrogens is 247 g/mol. The summed E-state index contributed by atoms with van der Waals surface area (Å²) >= 11 is 0. The zero-order valence-corrected chi connectivity index (χ0v) is 11.0. The minimum Gasteiger partial charge on any atom is -0.494 e. The first kappa shape index (κ1) is 13.1. The highest BCUT2D eigenvalue weighted by molar-refractivity contribution is 5.64. The second-order valence-electron chi connectivity index (χ2n) is 3.92. The van der Waals surface area contributed by atoms with Crippen molar-refractivity contribution in [3.8, 4) is 5.75 Å². The third-order valence-electron chi connectivity index (χ3n) is 2.74. The highest BCUT2D eigenvalue weighted by atomic mass is 19.1. The average molecular weight is 262 g/mol. The van der Waals surface area contributed by atoms with E-state index in [1.165, 1.54) is 19.5 Å². The van der Waals surface area contributed by atoms with Crippen molar-refractivity contribution in [2.45, 2.75) is 6.92 Å². The van der Waals surface area contributed by atoms with Crippen molar-refractivity contribution in [1.82, 2.24) is 9.97 Å². The summed E-state index contributed by atoms with van der Waals surface area (Å²) in [6.45, 7) is 1.88. The van der Waals surface area contributed by atoms with E-state index in [2.05, 4.69) is 20.6 Å². The Morgan fingerprint density at radius 3 is 2.58 bits per heavy atom. The molecule has 0 saturated heterocycles. The van der Waals surface area contributed by atoms with E-state index in [9.17, 15) is 4.39 Å². The van der Waals surface area contributed by atoms with Crippen LogP contribution in [0.3, 0.4) is 0 Å². The van der Waals surface area contributed by atoms with Gasteiger partial charge in [-0.3, -0.25) is 0 Å². The molecule has 6 heteroatoms. The van der Waals surface area contributed by atoms with Crippen molar-refractivity contribution in [2.75, 3.05) is 24.8 Å². The van der Waals surface area contributed by atoms with Crippen LogP contribution in [0.4, 0.5) is 21.7 Å². The van der Waals surface area contributed by atoms with E-state index in [1.54, 1.807) is 19.2 Å². The molecule has 2 aromatic rings. The number of nitrogens with zero attached hydrogens (tertiary/aromatic N) is 2. The molecule has 1 aromatic heterocycles. The molecule has 2 N–H and O–H groups in total. The van der Waals surface area contributed by atoms with Crippen molar-refractivity contribution in [3.63, 3.8) is 0 Å². The standard InChI is InChI=1S/C13H15FN4O/c1-8-12(15-2)16-7-17-13(8)18-9-4-5-11(19-3)10(14)6-9/h4-7H,1-3H3,(H2,15,16,17,18). The van der Waals surface area contributed by atoms with Gasteiger partial charge in [-0.1, -0.05) is 0 Å². The summed E-state index contributed by atoms with van der Waals surface area (Å²) < 4.78 is 18.5. The van der Waals surface area contributed by atoms with E-state index >= 15 is 0 Å². The number of ether oxygens (including phenoxy) is 1. The first-order valence-electron chi connectivity index (χ1n) is 5.75. The molecule has 0 bridgehead atoms. The van der Waals surface area contributed by atoms with Gasteiger partial charge in [0.2, 0.25) is 0 Å². The predicted octanol–water partition coefficient (Wildman–Crippen LogP) is 2.72. The van der Waals surface area contributed by atoms with Crippen LogP contribution < -0.4 is 15.4 Å². The summed E-state index contributed by atoms with van der Waals surface area (Å²) in [5, 5.41) is 6.02. The molecule has 0 atom stereocenters. The molecule has 100 valence electrons. The predicted molar refractivity (Wildman–Crippen MR) is 72.6 cm³/mol. The molecule has 0 aliphatic carbocycles. The molecule has 0 aliphatic heterocycles. The lowest BCUT2D eigenvalue weighted by molar-refractivity contribution is 0.386. The highest BCUT2D eigenvalue weighted by Gasteiger charge is 2.08. The molecule has 0 aliphatic rings. The van der Waals surface area contributed by atoms with Gasteiger partial charge in [-0.15, -0.1) is 0 Å². The summed E-state index contributed by atoms with van der Waals surface area (Å²) in [5.41, 5.74) is 1.46. The quantitative estimate of drug-likeness (QED) is 0.887. The van der Waals surface area contributed by atoms with Crippen LogP contribution in [0.5, 0.6) is 5.75 Å². The second kappa shape index (κ2) is 5.51. The fourth-order valence-corrected chi connectivity index (χ4v) is 1.71. The topological polar surface area (TPSA) is 59.1 Å². The lowest BCUT2D eigenvalue weighted by Gasteiger charge is -2.11. The highest BCUT2D eigenvalue weighted by Crippen LogP contribution is 2.25. The largest absolute Gasteiger partial charge is 0.494 e. The van der Waals surface area contributed by atoms with Crippen molar-refractivity contribution >= 4 is 17.3 Å². The molecule has 0 radical (unpaired) electrons.